The first-order valence-electron chi connectivity index (χ1n) is 6.03. The lowest BCUT2D eigenvalue weighted by atomic mass is 10.2. The summed E-state index contributed by atoms with van der Waals surface area (Å²) in [6.07, 6.45) is 0. The van der Waals surface area contributed by atoms with E-state index in [0.717, 1.165) is 0 Å². The summed E-state index contributed by atoms with van der Waals surface area (Å²) in [6.45, 7) is 6.72. The van der Waals surface area contributed by atoms with E-state index in [9.17, 15) is 8.42 Å². The number of nitrogens with zero attached hydrogens (tertiary/aromatic N) is 2. The Morgan fingerprint density at radius 1 is 1.44 bits per heavy atom. The highest BCUT2D eigenvalue weighted by molar-refractivity contribution is 7.88. The molecule has 2 heterocycles. The van der Waals surface area contributed by atoms with E-state index in [4.69, 9.17) is 4.52 Å². The van der Waals surface area contributed by atoms with Crippen LogP contribution >= 0.6 is 0 Å². The van der Waals surface area contributed by atoms with Crippen molar-refractivity contribution in [1.82, 2.24) is 14.8 Å². The van der Waals surface area contributed by atoms with Gasteiger partial charge in [0.05, 0.1) is 0 Å². The second kappa shape index (κ2) is 4.99. The van der Waals surface area contributed by atoms with Crippen LogP contribution in [0.25, 0.3) is 0 Å². The SMILES string of the molecule is Cc1cc(CS(=O)(=O)N2CC(C)NC(C)C2)no1. The van der Waals surface area contributed by atoms with Crippen molar-refractivity contribution in [3.05, 3.63) is 17.5 Å². The minimum absolute atomic E-state index is 0.0935. The minimum Gasteiger partial charge on any atom is -0.361 e. The first-order chi connectivity index (χ1) is 8.37. The van der Waals surface area contributed by atoms with Gasteiger partial charge < -0.3 is 9.84 Å². The topological polar surface area (TPSA) is 75.4 Å². The average molecular weight is 273 g/mol. The number of hydrogen-bond donors (Lipinski definition) is 1. The lowest BCUT2D eigenvalue weighted by Gasteiger charge is -2.35. The van der Waals surface area contributed by atoms with Crippen molar-refractivity contribution in [1.29, 1.82) is 0 Å². The number of aromatic nitrogens is 1. The molecule has 0 aliphatic carbocycles. The molecule has 0 bridgehead atoms. The Labute approximate surface area is 107 Å². The zero-order chi connectivity index (χ0) is 13.3. The maximum Gasteiger partial charge on any atom is 0.220 e. The first kappa shape index (κ1) is 13.5. The summed E-state index contributed by atoms with van der Waals surface area (Å²) in [6, 6.07) is 2.00. The highest BCUT2D eigenvalue weighted by Gasteiger charge is 2.30. The summed E-state index contributed by atoms with van der Waals surface area (Å²) in [5.41, 5.74) is 0.464. The quantitative estimate of drug-likeness (QED) is 0.867. The number of aryl methyl sites for hydroxylation is 1. The van der Waals surface area contributed by atoms with Gasteiger partial charge in [0, 0.05) is 31.2 Å². The summed E-state index contributed by atoms with van der Waals surface area (Å²) in [7, 11) is -3.32. The zero-order valence-electron chi connectivity index (χ0n) is 10.9. The van der Waals surface area contributed by atoms with Gasteiger partial charge in [0.25, 0.3) is 0 Å². The molecule has 7 heteroatoms. The van der Waals surface area contributed by atoms with E-state index in [1.807, 2.05) is 13.8 Å². The molecule has 0 spiro atoms. The third kappa shape index (κ3) is 3.09. The predicted octanol–water partition coefficient (Wildman–Crippen LogP) is 0.495. The molecule has 0 radical (unpaired) electrons. The third-order valence-electron chi connectivity index (χ3n) is 2.92. The summed E-state index contributed by atoms with van der Waals surface area (Å²) < 4.78 is 31.0. The second-order valence-corrected chi connectivity index (χ2v) is 6.94. The molecule has 102 valence electrons. The Bertz CT molecular complexity index is 501. The van der Waals surface area contributed by atoms with Crippen molar-refractivity contribution >= 4 is 10.0 Å². The highest BCUT2D eigenvalue weighted by atomic mass is 32.2. The molecule has 1 aliphatic rings. The number of nitrogens with one attached hydrogen (secondary N) is 1. The van der Waals surface area contributed by atoms with Gasteiger partial charge in [-0.3, -0.25) is 0 Å². The lowest BCUT2D eigenvalue weighted by molar-refractivity contribution is 0.262. The van der Waals surface area contributed by atoms with Gasteiger partial charge in [0.1, 0.15) is 17.2 Å². The van der Waals surface area contributed by atoms with Crippen LogP contribution in [0.1, 0.15) is 25.3 Å². The van der Waals surface area contributed by atoms with E-state index in [0.29, 0.717) is 24.5 Å². The van der Waals surface area contributed by atoms with Crippen molar-refractivity contribution in [3.8, 4) is 0 Å². The number of rotatable bonds is 3. The predicted molar refractivity (Wildman–Crippen MR) is 67.5 cm³/mol. The molecule has 1 N–H and O–H groups in total. The average Bonchev–Trinajstić information content (AvgIpc) is 2.61. The van der Waals surface area contributed by atoms with Gasteiger partial charge in [-0.2, -0.15) is 4.31 Å². The molecule has 18 heavy (non-hydrogen) atoms. The van der Waals surface area contributed by atoms with E-state index in [2.05, 4.69) is 10.5 Å². The maximum atomic E-state index is 12.3. The molecule has 1 fully saturated rings. The van der Waals surface area contributed by atoms with Crippen LogP contribution in [0.15, 0.2) is 10.6 Å². The van der Waals surface area contributed by atoms with Crippen LogP contribution in [0.2, 0.25) is 0 Å². The van der Waals surface area contributed by atoms with Crippen LogP contribution in [-0.2, 0) is 15.8 Å². The van der Waals surface area contributed by atoms with Crippen LogP contribution in [-0.4, -0.2) is 43.1 Å². The molecule has 0 amide bonds. The van der Waals surface area contributed by atoms with Gasteiger partial charge in [0.2, 0.25) is 10.0 Å². The van der Waals surface area contributed by atoms with Gasteiger partial charge in [-0.15, -0.1) is 0 Å². The fourth-order valence-corrected chi connectivity index (χ4v) is 3.86. The van der Waals surface area contributed by atoms with Crippen molar-refractivity contribution in [3.63, 3.8) is 0 Å². The molecule has 0 saturated carbocycles. The van der Waals surface area contributed by atoms with Gasteiger partial charge in [-0.25, -0.2) is 8.42 Å². The second-order valence-electron chi connectivity index (χ2n) is 4.97. The van der Waals surface area contributed by atoms with Crippen molar-refractivity contribution < 1.29 is 12.9 Å². The molecule has 2 atom stereocenters. The molecular weight excluding hydrogens is 254 g/mol. The fraction of sp³-hybridized carbons (Fsp3) is 0.727. The van der Waals surface area contributed by atoms with Gasteiger partial charge in [-0.1, -0.05) is 5.16 Å². The molecule has 1 aliphatic heterocycles. The lowest BCUT2D eigenvalue weighted by Crippen LogP contribution is -2.55. The first-order valence-corrected chi connectivity index (χ1v) is 7.64. The Kier molecular flexibility index (Phi) is 3.74. The van der Waals surface area contributed by atoms with Crippen molar-refractivity contribution in [2.24, 2.45) is 0 Å². The molecule has 0 aromatic carbocycles. The van der Waals surface area contributed by atoms with Crippen LogP contribution in [0, 0.1) is 6.92 Å². The smallest absolute Gasteiger partial charge is 0.220 e. The molecule has 6 nitrogen and oxygen atoms in total. The monoisotopic (exact) mass is 273 g/mol. The minimum atomic E-state index is -3.32. The summed E-state index contributed by atoms with van der Waals surface area (Å²) in [5.74, 6) is 0.534. The van der Waals surface area contributed by atoms with Gasteiger partial charge >= 0.3 is 0 Å². The fourth-order valence-electron chi connectivity index (χ4n) is 2.27. The normalized spacial score (nSPS) is 26.4. The van der Waals surface area contributed by atoms with E-state index >= 15 is 0 Å². The Hall–Kier alpha value is -0.920. The molecule has 1 aromatic rings. The number of piperazine rings is 1. The standard InChI is InChI=1S/C11H19N3O3S/c1-8-5-14(6-9(2)12-8)18(15,16)7-11-4-10(3)17-13-11/h4,8-9,12H,5-7H2,1-3H3. The summed E-state index contributed by atoms with van der Waals surface area (Å²) in [5, 5.41) is 7.05. The number of hydrogen-bond acceptors (Lipinski definition) is 5. The van der Waals surface area contributed by atoms with E-state index < -0.39 is 10.0 Å². The van der Waals surface area contributed by atoms with Crippen LogP contribution in [0.4, 0.5) is 0 Å². The molecule has 1 aromatic heterocycles. The molecule has 2 unspecified atom stereocenters. The summed E-state index contributed by atoms with van der Waals surface area (Å²) in [4.78, 5) is 0. The van der Waals surface area contributed by atoms with Gasteiger partial charge in [0.15, 0.2) is 0 Å². The Morgan fingerprint density at radius 3 is 2.56 bits per heavy atom. The van der Waals surface area contributed by atoms with Crippen molar-refractivity contribution in [2.75, 3.05) is 13.1 Å². The van der Waals surface area contributed by atoms with Crippen LogP contribution in [0.5, 0.6) is 0 Å². The Morgan fingerprint density at radius 2 is 2.06 bits per heavy atom. The zero-order valence-corrected chi connectivity index (χ0v) is 11.7. The third-order valence-corrected chi connectivity index (χ3v) is 4.67. The van der Waals surface area contributed by atoms with E-state index in [1.165, 1.54) is 4.31 Å². The molecule has 2 rings (SSSR count). The number of sulfonamides is 1. The molecule has 1 saturated heterocycles. The van der Waals surface area contributed by atoms with E-state index in [1.54, 1.807) is 13.0 Å². The van der Waals surface area contributed by atoms with Crippen LogP contribution < -0.4 is 5.32 Å². The molecular formula is C11H19N3O3S. The van der Waals surface area contributed by atoms with E-state index in [-0.39, 0.29) is 17.8 Å². The Balaban J connectivity index is 2.10. The van der Waals surface area contributed by atoms with Gasteiger partial charge in [-0.05, 0) is 20.8 Å². The highest BCUT2D eigenvalue weighted by Crippen LogP contribution is 2.15. The van der Waals surface area contributed by atoms with Crippen molar-refractivity contribution in [2.45, 2.75) is 38.6 Å². The maximum absolute atomic E-state index is 12.3. The van der Waals surface area contributed by atoms with Crippen LogP contribution in [0.3, 0.4) is 0 Å². The largest absolute Gasteiger partial charge is 0.361 e. The summed E-state index contributed by atoms with van der Waals surface area (Å²) >= 11 is 0.